The fourth-order valence-electron chi connectivity index (χ4n) is 3.52. The number of carbonyl (C=O) groups is 2. The molecule has 0 radical (unpaired) electrons. The molecule has 2 fully saturated rings. The van der Waals surface area contributed by atoms with Crippen LogP contribution in [0.15, 0.2) is 0 Å². The largest absolute Gasteiger partial charge is 0.384 e. The first-order valence-corrected chi connectivity index (χ1v) is 7.83. The van der Waals surface area contributed by atoms with Gasteiger partial charge in [-0.2, -0.15) is 0 Å². The second-order valence-corrected chi connectivity index (χ2v) is 6.17. The van der Waals surface area contributed by atoms with Crippen molar-refractivity contribution < 1.29 is 14.3 Å². The van der Waals surface area contributed by atoms with Crippen molar-refractivity contribution >= 4 is 11.8 Å². The average molecular weight is 297 g/mol. The Morgan fingerprint density at radius 3 is 2.71 bits per heavy atom. The van der Waals surface area contributed by atoms with E-state index in [9.17, 15) is 9.59 Å². The van der Waals surface area contributed by atoms with Crippen LogP contribution in [0.2, 0.25) is 0 Å². The molecule has 0 aromatic heterocycles. The summed E-state index contributed by atoms with van der Waals surface area (Å²) < 4.78 is 5.34. The van der Waals surface area contributed by atoms with Crippen LogP contribution in [0.5, 0.6) is 0 Å². The van der Waals surface area contributed by atoms with Crippen LogP contribution in [-0.2, 0) is 14.3 Å². The van der Waals surface area contributed by atoms with Crippen LogP contribution in [-0.4, -0.2) is 63.7 Å². The van der Waals surface area contributed by atoms with Gasteiger partial charge in [0.05, 0.1) is 17.9 Å². The van der Waals surface area contributed by atoms with Crippen molar-refractivity contribution in [1.82, 2.24) is 15.5 Å². The lowest BCUT2D eigenvalue weighted by Crippen LogP contribution is -2.54. The van der Waals surface area contributed by atoms with Crippen molar-refractivity contribution in [3.63, 3.8) is 0 Å². The van der Waals surface area contributed by atoms with Crippen LogP contribution in [0.4, 0.5) is 0 Å². The molecule has 1 atom stereocenters. The molecule has 2 N–H and O–H groups in total. The summed E-state index contributed by atoms with van der Waals surface area (Å²) in [5, 5.41) is 6.00. The Morgan fingerprint density at radius 2 is 2.10 bits per heavy atom. The van der Waals surface area contributed by atoms with Gasteiger partial charge in [-0.15, -0.1) is 0 Å². The summed E-state index contributed by atoms with van der Waals surface area (Å²) in [6, 6.07) is 0. The number of amides is 2. The number of carbonyl (C=O) groups excluding carboxylic acids is 2. The monoisotopic (exact) mass is 297 g/mol. The van der Waals surface area contributed by atoms with Gasteiger partial charge in [-0.25, -0.2) is 0 Å². The number of nitrogens with one attached hydrogen (secondary N) is 2. The molecule has 6 heteroatoms. The second-order valence-electron chi connectivity index (χ2n) is 6.17. The summed E-state index contributed by atoms with van der Waals surface area (Å²) in [4.78, 5) is 26.7. The fraction of sp³-hybridized carbons (Fsp3) is 0.867. The topological polar surface area (TPSA) is 70.7 Å². The number of rotatable bonds is 4. The van der Waals surface area contributed by atoms with E-state index >= 15 is 0 Å². The van der Waals surface area contributed by atoms with Crippen LogP contribution in [0.3, 0.4) is 0 Å². The molecule has 0 aromatic rings. The first kappa shape index (κ1) is 16.2. The normalized spacial score (nSPS) is 25.4. The predicted octanol–water partition coefficient (Wildman–Crippen LogP) is -0.0128. The van der Waals surface area contributed by atoms with E-state index in [1.807, 2.05) is 4.90 Å². The minimum absolute atomic E-state index is 0.0404. The molecular formula is C15H27N3O3. The summed E-state index contributed by atoms with van der Waals surface area (Å²) >= 11 is 0. The zero-order chi connectivity index (χ0) is 15.3. The van der Waals surface area contributed by atoms with Crippen molar-refractivity contribution in [2.45, 2.75) is 25.7 Å². The Labute approximate surface area is 126 Å². The molecule has 21 heavy (non-hydrogen) atoms. The van der Waals surface area contributed by atoms with Gasteiger partial charge in [0.2, 0.25) is 11.8 Å². The van der Waals surface area contributed by atoms with E-state index in [1.54, 1.807) is 14.2 Å². The van der Waals surface area contributed by atoms with Gasteiger partial charge in [-0.05, 0) is 38.8 Å². The van der Waals surface area contributed by atoms with Gasteiger partial charge < -0.3 is 20.3 Å². The highest BCUT2D eigenvalue weighted by Gasteiger charge is 2.43. The molecule has 1 unspecified atom stereocenters. The summed E-state index contributed by atoms with van der Waals surface area (Å²) in [6.07, 6.45) is 3.37. The van der Waals surface area contributed by atoms with Crippen LogP contribution in [0, 0.1) is 11.3 Å². The van der Waals surface area contributed by atoms with E-state index < -0.39 is 5.41 Å². The maximum absolute atomic E-state index is 13.0. The molecule has 2 amide bonds. The van der Waals surface area contributed by atoms with Gasteiger partial charge in [-0.1, -0.05) is 0 Å². The van der Waals surface area contributed by atoms with Crippen molar-refractivity contribution in [3.05, 3.63) is 0 Å². The Hall–Kier alpha value is -1.14. The van der Waals surface area contributed by atoms with Crippen molar-refractivity contribution in [2.75, 3.05) is 46.9 Å². The number of likely N-dealkylation sites (tertiary alicyclic amines) is 1. The maximum atomic E-state index is 13.0. The molecule has 2 rings (SSSR count). The highest BCUT2D eigenvalue weighted by molar-refractivity contribution is 5.85. The van der Waals surface area contributed by atoms with Crippen molar-refractivity contribution in [2.24, 2.45) is 11.3 Å². The number of piperidine rings is 2. The Morgan fingerprint density at radius 1 is 1.38 bits per heavy atom. The van der Waals surface area contributed by atoms with Crippen LogP contribution in [0.1, 0.15) is 25.7 Å². The standard InChI is InChI=1S/C15H27N3O3/c1-16-13(19)12-4-3-9-18(10-12)14(20)15(11-21-2)5-7-17-8-6-15/h12,17H,3-11H2,1-2H3,(H,16,19). The lowest BCUT2D eigenvalue weighted by atomic mass is 9.77. The van der Waals surface area contributed by atoms with Gasteiger partial charge in [0.1, 0.15) is 0 Å². The molecule has 0 spiro atoms. The molecule has 6 nitrogen and oxygen atoms in total. The summed E-state index contributed by atoms with van der Waals surface area (Å²) in [5.74, 6) is 0.132. The maximum Gasteiger partial charge on any atom is 0.231 e. The molecule has 0 aromatic carbocycles. The Balaban J connectivity index is 2.07. The zero-order valence-corrected chi connectivity index (χ0v) is 13.1. The molecule has 0 saturated carbocycles. The zero-order valence-electron chi connectivity index (χ0n) is 13.1. The quantitative estimate of drug-likeness (QED) is 0.765. The number of ether oxygens (including phenoxy) is 1. The van der Waals surface area contributed by atoms with Crippen molar-refractivity contribution in [3.8, 4) is 0 Å². The van der Waals surface area contributed by atoms with Crippen molar-refractivity contribution in [1.29, 1.82) is 0 Å². The smallest absolute Gasteiger partial charge is 0.231 e. The molecular weight excluding hydrogens is 270 g/mol. The Kier molecular flexibility index (Phi) is 5.58. The highest BCUT2D eigenvalue weighted by Crippen LogP contribution is 2.33. The molecule has 2 heterocycles. The van der Waals surface area contributed by atoms with E-state index in [1.165, 1.54) is 0 Å². The predicted molar refractivity (Wildman–Crippen MR) is 79.8 cm³/mol. The third-order valence-electron chi connectivity index (χ3n) is 4.76. The van der Waals surface area contributed by atoms with E-state index in [0.717, 1.165) is 45.3 Å². The SMILES string of the molecule is CNC(=O)C1CCCN(C(=O)C2(COC)CCNCC2)C1. The second kappa shape index (κ2) is 7.22. The Bertz CT molecular complexity index is 375. The number of nitrogens with zero attached hydrogens (tertiary/aromatic N) is 1. The van der Waals surface area contributed by atoms with Crippen LogP contribution < -0.4 is 10.6 Å². The first-order valence-electron chi connectivity index (χ1n) is 7.83. The van der Waals surface area contributed by atoms with Gasteiger partial charge >= 0.3 is 0 Å². The van der Waals surface area contributed by atoms with E-state index in [2.05, 4.69) is 10.6 Å². The van der Waals surface area contributed by atoms with Crippen LogP contribution >= 0.6 is 0 Å². The molecule has 120 valence electrons. The lowest BCUT2D eigenvalue weighted by Gasteiger charge is -2.42. The van der Waals surface area contributed by atoms with E-state index in [4.69, 9.17) is 4.74 Å². The fourth-order valence-corrected chi connectivity index (χ4v) is 3.52. The molecule has 0 aliphatic carbocycles. The number of hydrogen-bond acceptors (Lipinski definition) is 4. The molecule has 2 aliphatic rings. The van der Waals surface area contributed by atoms with Crippen LogP contribution in [0.25, 0.3) is 0 Å². The number of hydrogen-bond donors (Lipinski definition) is 2. The summed E-state index contributed by atoms with van der Waals surface area (Å²) in [5.41, 5.74) is -0.412. The van der Waals surface area contributed by atoms with E-state index in [-0.39, 0.29) is 17.7 Å². The molecule has 2 aliphatic heterocycles. The minimum Gasteiger partial charge on any atom is -0.384 e. The number of methoxy groups -OCH3 is 1. The molecule has 0 bridgehead atoms. The van der Waals surface area contributed by atoms with Gasteiger partial charge in [0, 0.05) is 27.2 Å². The highest BCUT2D eigenvalue weighted by atomic mass is 16.5. The minimum atomic E-state index is -0.412. The van der Waals surface area contributed by atoms with Gasteiger partial charge in [0.25, 0.3) is 0 Å². The lowest BCUT2D eigenvalue weighted by molar-refractivity contribution is -0.150. The van der Waals surface area contributed by atoms with E-state index in [0.29, 0.717) is 13.2 Å². The average Bonchev–Trinajstić information content (AvgIpc) is 2.54. The third-order valence-corrected chi connectivity index (χ3v) is 4.76. The summed E-state index contributed by atoms with van der Waals surface area (Å²) in [7, 11) is 3.31. The third kappa shape index (κ3) is 3.55. The summed E-state index contributed by atoms with van der Waals surface area (Å²) in [6.45, 7) is 3.46. The van der Waals surface area contributed by atoms with Gasteiger partial charge in [-0.3, -0.25) is 9.59 Å². The molecule has 2 saturated heterocycles. The van der Waals surface area contributed by atoms with Gasteiger partial charge in [0.15, 0.2) is 0 Å². The first-order chi connectivity index (χ1) is 10.1.